The molecule has 1 aromatic heterocycles. The Hall–Kier alpha value is -1.81. The summed E-state index contributed by atoms with van der Waals surface area (Å²) >= 11 is 1.67. The Morgan fingerprint density at radius 3 is 2.68 bits per heavy atom. The highest BCUT2D eigenvalue weighted by atomic mass is 32.2. The van der Waals surface area contributed by atoms with Gasteiger partial charge in [-0.1, -0.05) is 6.07 Å². The number of pyridine rings is 1. The standard InChI is InChI=1S/C15H15NO2S/c1-11-2-3-13(10-14(11)15(17)18)19-9-6-12-4-7-16-8-5-12/h2-5,7-8,10H,6,9H2,1H3,(H,17,18). The number of carboxylic acids is 1. The van der Waals surface area contributed by atoms with E-state index in [2.05, 4.69) is 4.98 Å². The first-order valence-electron chi connectivity index (χ1n) is 6.02. The van der Waals surface area contributed by atoms with E-state index >= 15 is 0 Å². The molecule has 3 nitrogen and oxygen atoms in total. The van der Waals surface area contributed by atoms with Crippen molar-refractivity contribution in [2.45, 2.75) is 18.2 Å². The van der Waals surface area contributed by atoms with Gasteiger partial charge in [0, 0.05) is 23.0 Å². The molecule has 2 aromatic rings. The lowest BCUT2D eigenvalue weighted by atomic mass is 10.1. The third kappa shape index (κ3) is 3.83. The molecule has 0 radical (unpaired) electrons. The molecule has 4 heteroatoms. The third-order valence-electron chi connectivity index (χ3n) is 2.85. The maximum Gasteiger partial charge on any atom is 0.335 e. The average molecular weight is 273 g/mol. The van der Waals surface area contributed by atoms with Gasteiger partial charge in [-0.15, -0.1) is 11.8 Å². The van der Waals surface area contributed by atoms with E-state index < -0.39 is 5.97 Å². The first-order valence-corrected chi connectivity index (χ1v) is 7.01. The van der Waals surface area contributed by atoms with Crippen molar-refractivity contribution >= 4 is 17.7 Å². The largest absolute Gasteiger partial charge is 0.478 e. The Kier molecular flexibility index (Phi) is 4.58. The van der Waals surface area contributed by atoms with Crippen LogP contribution in [0.15, 0.2) is 47.6 Å². The number of aryl methyl sites for hydroxylation is 2. The molecule has 98 valence electrons. The summed E-state index contributed by atoms with van der Waals surface area (Å²) in [5.41, 5.74) is 2.42. The Morgan fingerprint density at radius 2 is 2.00 bits per heavy atom. The predicted octanol–water partition coefficient (Wildman–Crippen LogP) is 3.42. The number of aromatic nitrogens is 1. The van der Waals surface area contributed by atoms with Crippen molar-refractivity contribution in [1.29, 1.82) is 0 Å². The summed E-state index contributed by atoms with van der Waals surface area (Å²) in [5.74, 6) is 0.0562. The summed E-state index contributed by atoms with van der Waals surface area (Å²) in [4.78, 5) is 16.0. The van der Waals surface area contributed by atoms with E-state index in [4.69, 9.17) is 5.11 Å². The van der Waals surface area contributed by atoms with Crippen LogP contribution in [0.4, 0.5) is 0 Å². The lowest BCUT2D eigenvalue weighted by Gasteiger charge is -2.05. The minimum Gasteiger partial charge on any atom is -0.478 e. The molecule has 1 N–H and O–H groups in total. The van der Waals surface area contributed by atoms with Crippen LogP contribution in [0.2, 0.25) is 0 Å². The zero-order chi connectivity index (χ0) is 13.7. The van der Waals surface area contributed by atoms with Crippen molar-refractivity contribution in [2.75, 3.05) is 5.75 Å². The quantitative estimate of drug-likeness (QED) is 0.848. The van der Waals surface area contributed by atoms with Crippen LogP contribution >= 0.6 is 11.8 Å². The topological polar surface area (TPSA) is 50.2 Å². The Bertz CT molecular complexity index is 570. The van der Waals surface area contributed by atoms with Crippen LogP contribution in [-0.4, -0.2) is 21.8 Å². The molecule has 0 aliphatic rings. The average Bonchev–Trinajstić information content (AvgIpc) is 2.41. The second kappa shape index (κ2) is 6.38. The van der Waals surface area contributed by atoms with Crippen molar-refractivity contribution in [2.24, 2.45) is 0 Å². The second-order valence-electron chi connectivity index (χ2n) is 4.24. The SMILES string of the molecule is Cc1ccc(SCCc2ccncc2)cc1C(=O)O. The van der Waals surface area contributed by atoms with E-state index in [-0.39, 0.29) is 0 Å². The van der Waals surface area contributed by atoms with Crippen molar-refractivity contribution in [3.8, 4) is 0 Å². The van der Waals surface area contributed by atoms with Crippen LogP contribution in [0, 0.1) is 6.92 Å². The molecule has 0 atom stereocenters. The first kappa shape index (κ1) is 13.6. The maximum absolute atomic E-state index is 11.1. The van der Waals surface area contributed by atoms with Gasteiger partial charge >= 0.3 is 5.97 Å². The van der Waals surface area contributed by atoms with Crippen molar-refractivity contribution in [1.82, 2.24) is 4.98 Å². The highest BCUT2D eigenvalue weighted by Crippen LogP contribution is 2.22. The number of hydrogen-bond acceptors (Lipinski definition) is 3. The lowest BCUT2D eigenvalue weighted by molar-refractivity contribution is 0.0696. The van der Waals surface area contributed by atoms with Gasteiger partial charge in [0.1, 0.15) is 0 Å². The number of rotatable bonds is 5. The predicted molar refractivity (Wildman–Crippen MR) is 76.8 cm³/mol. The number of benzene rings is 1. The molecule has 0 spiro atoms. The molecule has 0 fully saturated rings. The number of nitrogens with zero attached hydrogens (tertiary/aromatic N) is 1. The molecule has 0 aliphatic carbocycles. The van der Waals surface area contributed by atoms with Gasteiger partial charge in [0.15, 0.2) is 0 Å². The molecule has 0 amide bonds. The van der Waals surface area contributed by atoms with Crippen molar-refractivity contribution < 1.29 is 9.90 Å². The van der Waals surface area contributed by atoms with Crippen molar-refractivity contribution in [3.63, 3.8) is 0 Å². The molecule has 0 saturated heterocycles. The highest BCUT2D eigenvalue weighted by Gasteiger charge is 2.07. The van der Waals surface area contributed by atoms with Crippen LogP contribution in [0.1, 0.15) is 21.5 Å². The monoisotopic (exact) mass is 273 g/mol. The van der Waals surface area contributed by atoms with E-state index in [1.807, 2.05) is 31.2 Å². The number of aromatic carboxylic acids is 1. The zero-order valence-corrected chi connectivity index (χ0v) is 11.5. The van der Waals surface area contributed by atoms with Crippen LogP contribution in [0.3, 0.4) is 0 Å². The molecule has 0 unspecified atom stereocenters. The van der Waals surface area contributed by atoms with Crippen LogP contribution < -0.4 is 0 Å². The first-order chi connectivity index (χ1) is 9.16. The van der Waals surface area contributed by atoms with E-state index in [1.54, 1.807) is 30.2 Å². The minimum absolute atomic E-state index is 0.383. The molecule has 0 bridgehead atoms. The molecule has 1 aromatic carbocycles. The fourth-order valence-electron chi connectivity index (χ4n) is 1.76. The van der Waals surface area contributed by atoms with Crippen LogP contribution in [-0.2, 0) is 6.42 Å². The van der Waals surface area contributed by atoms with Crippen molar-refractivity contribution in [3.05, 3.63) is 59.4 Å². The lowest BCUT2D eigenvalue weighted by Crippen LogP contribution is -1.99. The molecular weight excluding hydrogens is 258 g/mol. The summed E-state index contributed by atoms with van der Waals surface area (Å²) in [6, 6.07) is 9.57. The number of thioether (sulfide) groups is 1. The van der Waals surface area contributed by atoms with Gasteiger partial charge in [0.2, 0.25) is 0 Å². The summed E-state index contributed by atoms with van der Waals surface area (Å²) in [6.07, 6.45) is 4.52. The van der Waals surface area contributed by atoms with Crippen LogP contribution in [0.5, 0.6) is 0 Å². The maximum atomic E-state index is 11.1. The van der Waals surface area contributed by atoms with Gasteiger partial charge in [-0.2, -0.15) is 0 Å². The number of carboxylic acid groups (broad SMARTS) is 1. The van der Waals surface area contributed by atoms with E-state index in [0.717, 1.165) is 22.6 Å². The van der Waals surface area contributed by atoms with Gasteiger partial charge in [-0.25, -0.2) is 4.79 Å². The molecule has 0 aliphatic heterocycles. The second-order valence-corrected chi connectivity index (χ2v) is 5.40. The highest BCUT2D eigenvalue weighted by molar-refractivity contribution is 7.99. The van der Waals surface area contributed by atoms with E-state index in [0.29, 0.717) is 5.56 Å². The fourth-order valence-corrected chi connectivity index (χ4v) is 2.70. The number of hydrogen-bond donors (Lipinski definition) is 1. The van der Waals surface area contributed by atoms with Gasteiger partial charge in [0.25, 0.3) is 0 Å². The van der Waals surface area contributed by atoms with Gasteiger partial charge in [-0.3, -0.25) is 4.98 Å². The van der Waals surface area contributed by atoms with Gasteiger partial charge < -0.3 is 5.11 Å². The summed E-state index contributed by atoms with van der Waals surface area (Å²) in [6.45, 7) is 1.81. The molecular formula is C15H15NO2S. The van der Waals surface area contributed by atoms with E-state index in [1.165, 1.54) is 5.56 Å². The normalized spacial score (nSPS) is 10.4. The Labute approximate surface area is 116 Å². The summed E-state index contributed by atoms with van der Waals surface area (Å²) in [7, 11) is 0. The number of carbonyl (C=O) groups is 1. The zero-order valence-electron chi connectivity index (χ0n) is 10.7. The van der Waals surface area contributed by atoms with Gasteiger partial charge in [0.05, 0.1) is 5.56 Å². The fraction of sp³-hybridized carbons (Fsp3) is 0.200. The molecule has 1 heterocycles. The van der Waals surface area contributed by atoms with E-state index in [9.17, 15) is 4.79 Å². The Balaban J connectivity index is 1.97. The minimum atomic E-state index is -0.867. The Morgan fingerprint density at radius 1 is 1.26 bits per heavy atom. The third-order valence-corrected chi connectivity index (χ3v) is 3.84. The molecule has 0 saturated carbocycles. The molecule has 2 rings (SSSR count). The van der Waals surface area contributed by atoms with Gasteiger partial charge in [-0.05, 0) is 48.7 Å². The smallest absolute Gasteiger partial charge is 0.335 e. The van der Waals surface area contributed by atoms with Crippen LogP contribution in [0.25, 0.3) is 0 Å². The molecule has 19 heavy (non-hydrogen) atoms. The summed E-state index contributed by atoms with van der Waals surface area (Å²) in [5, 5.41) is 9.08. The summed E-state index contributed by atoms with van der Waals surface area (Å²) < 4.78 is 0.